The molecule has 4 aromatic rings. The van der Waals surface area contributed by atoms with Gasteiger partial charge in [-0.15, -0.1) is 11.8 Å². The second-order valence-corrected chi connectivity index (χ2v) is 7.71. The zero-order chi connectivity index (χ0) is 19.2. The molecule has 2 nitrogen and oxygen atoms in total. The van der Waals surface area contributed by atoms with E-state index in [1.165, 1.54) is 16.3 Å². The van der Waals surface area contributed by atoms with Gasteiger partial charge in [-0.05, 0) is 46.5 Å². The minimum Gasteiger partial charge on any atom is -0.325 e. The molecule has 1 amide bonds. The Kier molecular flexibility index (Phi) is 5.74. The van der Waals surface area contributed by atoms with Gasteiger partial charge < -0.3 is 5.32 Å². The largest absolute Gasteiger partial charge is 0.325 e. The fraction of sp³-hybridized carbons (Fsp3) is 0.0800. The molecule has 0 aliphatic carbocycles. The molecule has 0 aromatic heterocycles. The van der Waals surface area contributed by atoms with Crippen molar-refractivity contribution in [2.75, 3.05) is 11.1 Å². The highest BCUT2D eigenvalue weighted by Crippen LogP contribution is 2.24. The smallest absolute Gasteiger partial charge is 0.234 e. The van der Waals surface area contributed by atoms with E-state index < -0.39 is 0 Å². The standard InChI is InChI=1S/C25H21NOS/c27-25(18-28-23-15-14-20-10-4-5-11-21(20)17-23)26-24-13-7-6-12-22(24)16-19-8-2-1-3-9-19/h1-15,17H,16,18H2,(H,26,27). The van der Waals surface area contributed by atoms with Gasteiger partial charge in [-0.1, -0.05) is 78.9 Å². The molecule has 3 heteroatoms. The molecule has 28 heavy (non-hydrogen) atoms. The first-order chi connectivity index (χ1) is 13.8. The molecule has 0 aliphatic rings. The molecule has 0 atom stereocenters. The molecule has 4 aromatic carbocycles. The Morgan fingerprint density at radius 1 is 0.750 bits per heavy atom. The number of nitrogens with one attached hydrogen (secondary N) is 1. The highest BCUT2D eigenvalue weighted by Gasteiger charge is 2.08. The molecular weight excluding hydrogens is 362 g/mol. The summed E-state index contributed by atoms with van der Waals surface area (Å²) in [5.74, 6) is 0.400. The summed E-state index contributed by atoms with van der Waals surface area (Å²) in [5.41, 5.74) is 3.24. The monoisotopic (exact) mass is 383 g/mol. The van der Waals surface area contributed by atoms with Gasteiger partial charge in [0.05, 0.1) is 5.75 Å². The Hall–Kier alpha value is -3.04. The minimum absolute atomic E-state index is 0.0127. The summed E-state index contributed by atoms with van der Waals surface area (Å²) >= 11 is 1.56. The summed E-state index contributed by atoms with van der Waals surface area (Å²) in [5, 5.41) is 5.49. The van der Waals surface area contributed by atoms with Gasteiger partial charge in [0.15, 0.2) is 0 Å². The number of anilines is 1. The van der Waals surface area contributed by atoms with Crippen molar-refractivity contribution < 1.29 is 4.79 Å². The quantitative estimate of drug-likeness (QED) is 0.404. The average molecular weight is 384 g/mol. The van der Waals surface area contributed by atoms with Crippen LogP contribution in [0.1, 0.15) is 11.1 Å². The van der Waals surface area contributed by atoms with E-state index in [9.17, 15) is 4.79 Å². The van der Waals surface area contributed by atoms with Crippen LogP contribution < -0.4 is 5.32 Å². The van der Waals surface area contributed by atoms with E-state index in [2.05, 4.69) is 53.8 Å². The molecular formula is C25H21NOS. The number of amides is 1. The number of carbonyl (C=O) groups excluding carboxylic acids is 1. The topological polar surface area (TPSA) is 29.1 Å². The third-order valence-corrected chi connectivity index (χ3v) is 5.61. The maximum Gasteiger partial charge on any atom is 0.234 e. The summed E-state index contributed by atoms with van der Waals surface area (Å²) < 4.78 is 0. The van der Waals surface area contributed by atoms with Gasteiger partial charge in [-0.2, -0.15) is 0 Å². The molecule has 0 saturated carbocycles. The Morgan fingerprint density at radius 3 is 2.32 bits per heavy atom. The van der Waals surface area contributed by atoms with E-state index in [4.69, 9.17) is 0 Å². The molecule has 4 rings (SSSR count). The van der Waals surface area contributed by atoms with Crippen LogP contribution in [-0.2, 0) is 11.2 Å². The minimum atomic E-state index is 0.0127. The lowest BCUT2D eigenvalue weighted by Crippen LogP contribution is -2.15. The van der Waals surface area contributed by atoms with E-state index in [0.717, 1.165) is 22.6 Å². The number of rotatable bonds is 6. The molecule has 0 bridgehead atoms. The van der Waals surface area contributed by atoms with Gasteiger partial charge in [0, 0.05) is 10.6 Å². The summed E-state index contributed by atoms with van der Waals surface area (Å²) in [6.45, 7) is 0. The van der Waals surface area contributed by atoms with Crippen LogP contribution in [0.4, 0.5) is 5.69 Å². The van der Waals surface area contributed by atoms with Gasteiger partial charge >= 0.3 is 0 Å². The SMILES string of the molecule is O=C(CSc1ccc2ccccc2c1)Nc1ccccc1Cc1ccccc1. The van der Waals surface area contributed by atoms with E-state index >= 15 is 0 Å². The molecule has 1 N–H and O–H groups in total. The third-order valence-electron chi connectivity index (χ3n) is 4.62. The Bertz CT molecular complexity index is 1090. The lowest BCUT2D eigenvalue weighted by atomic mass is 10.0. The number of benzene rings is 4. The van der Waals surface area contributed by atoms with Crippen molar-refractivity contribution in [2.45, 2.75) is 11.3 Å². The van der Waals surface area contributed by atoms with Crippen molar-refractivity contribution >= 4 is 34.1 Å². The van der Waals surface area contributed by atoms with E-state index in [1.54, 1.807) is 11.8 Å². The number of thioether (sulfide) groups is 1. The fourth-order valence-electron chi connectivity index (χ4n) is 3.20. The van der Waals surface area contributed by atoms with Crippen LogP contribution in [0.2, 0.25) is 0 Å². The second-order valence-electron chi connectivity index (χ2n) is 6.67. The number of fused-ring (bicyclic) bond motifs is 1. The summed E-state index contributed by atoms with van der Waals surface area (Å²) in [6.07, 6.45) is 0.801. The normalized spacial score (nSPS) is 10.7. The molecule has 0 aliphatic heterocycles. The zero-order valence-electron chi connectivity index (χ0n) is 15.5. The molecule has 138 valence electrons. The van der Waals surface area contributed by atoms with Crippen LogP contribution in [-0.4, -0.2) is 11.7 Å². The molecule has 0 heterocycles. The average Bonchev–Trinajstić information content (AvgIpc) is 2.74. The number of hydrogen-bond acceptors (Lipinski definition) is 2. The Morgan fingerprint density at radius 2 is 1.46 bits per heavy atom. The van der Waals surface area contributed by atoms with Crippen LogP contribution in [0.5, 0.6) is 0 Å². The first-order valence-corrected chi connectivity index (χ1v) is 10.3. The summed E-state index contributed by atoms with van der Waals surface area (Å²) in [7, 11) is 0. The van der Waals surface area contributed by atoms with Crippen molar-refractivity contribution in [1.82, 2.24) is 0 Å². The maximum atomic E-state index is 12.5. The van der Waals surface area contributed by atoms with E-state index in [-0.39, 0.29) is 5.91 Å². The number of para-hydroxylation sites is 1. The van der Waals surface area contributed by atoms with Crippen molar-refractivity contribution in [3.05, 3.63) is 108 Å². The molecule has 0 fully saturated rings. The lowest BCUT2D eigenvalue weighted by Gasteiger charge is -2.11. The van der Waals surface area contributed by atoms with Gasteiger partial charge in [0.1, 0.15) is 0 Å². The molecule has 0 radical (unpaired) electrons. The first-order valence-electron chi connectivity index (χ1n) is 9.31. The molecule has 0 saturated heterocycles. The predicted octanol–water partition coefficient (Wildman–Crippen LogP) is 6.16. The lowest BCUT2D eigenvalue weighted by molar-refractivity contribution is -0.113. The number of hydrogen-bond donors (Lipinski definition) is 1. The van der Waals surface area contributed by atoms with Crippen molar-refractivity contribution in [3.63, 3.8) is 0 Å². The van der Waals surface area contributed by atoms with Crippen LogP contribution >= 0.6 is 11.8 Å². The van der Waals surface area contributed by atoms with Gasteiger partial charge in [0.2, 0.25) is 5.91 Å². The van der Waals surface area contributed by atoms with Crippen molar-refractivity contribution in [3.8, 4) is 0 Å². The van der Waals surface area contributed by atoms with Gasteiger partial charge in [-0.3, -0.25) is 4.79 Å². The number of carbonyl (C=O) groups is 1. The fourth-order valence-corrected chi connectivity index (χ4v) is 3.95. The highest BCUT2D eigenvalue weighted by atomic mass is 32.2. The van der Waals surface area contributed by atoms with E-state index in [0.29, 0.717) is 5.75 Å². The predicted molar refractivity (Wildman–Crippen MR) is 119 cm³/mol. The third kappa shape index (κ3) is 4.62. The zero-order valence-corrected chi connectivity index (χ0v) is 16.3. The van der Waals surface area contributed by atoms with Crippen molar-refractivity contribution in [2.24, 2.45) is 0 Å². The molecule has 0 spiro atoms. The van der Waals surface area contributed by atoms with Crippen molar-refractivity contribution in [1.29, 1.82) is 0 Å². The van der Waals surface area contributed by atoms with E-state index in [1.807, 2.05) is 48.5 Å². The first kappa shape index (κ1) is 18.3. The Balaban J connectivity index is 1.41. The van der Waals surface area contributed by atoms with Gasteiger partial charge in [0.25, 0.3) is 0 Å². The van der Waals surface area contributed by atoms with Crippen LogP contribution in [0.15, 0.2) is 102 Å². The Labute approximate surface area is 169 Å². The van der Waals surface area contributed by atoms with Crippen LogP contribution in [0.3, 0.4) is 0 Å². The second kappa shape index (κ2) is 8.77. The van der Waals surface area contributed by atoms with Crippen LogP contribution in [0.25, 0.3) is 10.8 Å². The van der Waals surface area contributed by atoms with Gasteiger partial charge in [-0.25, -0.2) is 0 Å². The maximum absolute atomic E-state index is 12.5. The molecule has 0 unspecified atom stereocenters. The summed E-state index contributed by atoms with van der Waals surface area (Å²) in [6, 6.07) is 32.9. The van der Waals surface area contributed by atoms with Crippen LogP contribution in [0, 0.1) is 0 Å². The highest BCUT2D eigenvalue weighted by molar-refractivity contribution is 8.00. The summed E-state index contributed by atoms with van der Waals surface area (Å²) in [4.78, 5) is 13.6.